The molecule has 0 N–H and O–H groups in total. The molecule has 2 aromatic rings. The summed E-state index contributed by atoms with van der Waals surface area (Å²) in [5.74, 6) is 0.288. The third kappa shape index (κ3) is 1.99. The van der Waals surface area contributed by atoms with E-state index in [4.69, 9.17) is 0 Å². The van der Waals surface area contributed by atoms with Crippen molar-refractivity contribution in [3.63, 3.8) is 0 Å². The Hall–Kier alpha value is -1.90. The van der Waals surface area contributed by atoms with E-state index in [0.717, 1.165) is 29.8 Å². The van der Waals surface area contributed by atoms with Crippen molar-refractivity contribution in [2.24, 2.45) is 0 Å². The molecule has 0 aliphatic heterocycles. The lowest BCUT2D eigenvalue weighted by Crippen LogP contribution is -2.17. The number of hydrogen-bond acceptors (Lipinski definition) is 2. The van der Waals surface area contributed by atoms with Gasteiger partial charge >= 0.3 is 0 Å². The van der Waals surface area contributed by atoms with Crippen LogP contribution in [0.15, 0.2) is 30.5 Å². The molecule has 0 aromatic carbocycles. The second-order valence-electron chi connectivity index (χ2n) is 5.22. The van der Waals surface area contributed by atoms with Gasteiger partial charge in [0.2, 0.25) is 0 Å². The van der Waals surface area contributed by atoms with Crippen LogP contribution in [0.1, 0.15) is 53.2 Å². The van der Waals surface area contributed by atoms with E-state index in [9.17, 15) is 4.79 Å². The van der Waals surface area contributed by atoms with Gasteiger partial charge in [0.15, 0.2) is 5.78 Å². The van der Waals surface area contributed by atoms with Gasteiger partial charge in [-0.3, -0.25) is 9.78 Å². The minimum absolute atomic E-state index is 0.177. The Morgan fingerprint density at radius 3 is 2.89 bits per heavy atom. The van der Waals surface area contributed by atoms with Crippen LogP contribution in [0.5, 0.6) is 0 Å². The number of Topliss-reactive ketones (excluding diaryl/α,β-unsaturated/α-hetero) is 1. The van der Waals surface area contributed by atoms with Crippen LogP contribution in [-0.4, -0.2) is 15.3 Å². The lowest BCUT2D eigenvalue weighted by atomic mass is 9.96. The summed E-state index contributed by atoms with van der Waals surface area (Å²) < 4.78 is 2.27. The molecule has 3 heteroatoms. The topological polar surface area (TPSA) is 34.9 Å². The monoisotopic (exact) mass is 254 g/mol. The van der Waals surface area contributed by atoms with Crippen molar-refractivity contribution < 1.29 is 4.79 Å². The van der Waals surface area contributed by atoms with E-state index in [1.165, 1.54) is 5.69 Å². The van der Waals surface area contributed by atoms with Gasteiger partial charge in [-0.1, -0.05) is 6.07 Å². The molecule has 0 spiro atoms. The van der Waals surface area contributed by atoms with E-state index >= 15 is 0 Å². The molecule has 3 nitrogen and oxygen atoms in total. The maximum absolute atomic E-state index is 12.0. The van der Waals surface area contributed by atoms with Crippen LogP contribution >= 0.6 is 0 Å². The molecule has 0 saturated carbocycles. The molecule has 0 amide bonds. The molecular formula is C16H18N2O. The van der Waals surface area contributed by atoms with Gasteiger partial charge in [-0.25, -0.2) is 0 Å². The number of ketones is 1. The predicted octanol–water partition coefficient (Wildman–Crippen LogP) is 3.32. The highest BCUT2D eigenvalue weighted by Gasteiger charge is 2.25. The van der Waals surface area contributed by atoms with Gasteiger partial charge in [0.25, 0.3) is 0 Å². The van der Waals surface area contributed by atoms with E-state index in [2.05, 4.69) is 23.4 Å². The van der Waals surface area contributed by atoms with Crippen molar-refractivity contribution >= 4 is 5.78 Å². The van der Waals surface area contributed by atoms with E-state index in [1.54, 1.807) is 0 Å². The SMILES string of the molecule is Cc1cc2c(n1C(C)c1ccccn1)CCCC2=O. The summed E-state index contributed by atoms with van der Waals surface area (Å²) in [6.45, 7) is 4.22. The van der Waals surface area contributed by atoms with Crippen molar-refractivity contribution in [3.8, 4) is 0 Å². The maximum Gasteiger partial charge on any atom is 0.164 e. The fourth-order valence-corrected chi connectivity index (χ4v) is 3.05. The molecule has 1 aliphatic rings. The number of fused-ring (bicyclic) bond motifs is 1. The highest BCUT2D eigenvalue weighted by atomic mass is 16.1. The van der Waals surface area contributed by atoms with Crippen LogP contribution < -0.4 is 0 Å². The predicted molar refractivity (Wildman–Crippen MR) is 74.5 cm³/mol. The number of carbonyl (C=O) groups excluding carboxylic acids is 1. The van der Waals surface area contributed by atoms with Crippen molar-refractivity contribution in [3.05, 3.63) is 53.1 Å². The van der Waals surface area contributed by atoms with Gasteiger partial charge in [-0.2, -0.15) is 0 Å². The second-order valence-corrected chi connectivity index (χ2v) is 5.22. The van der Waals surface area contributed by atoms with Crippen molar-refractivity contribution in [2.45, 2.75) is 39.2 Å². The smallest absolute Gasteiger partial charge is 0.164 e. The Balaban J connectivity index is 2.08. The molecule has 1 atom stereocenters. The number of pyridine rings is 1. The standard InChI is InChI=1S/C16H18N2O/c1-11-10-13-15(7-5-8-16(13)19)18(11)12(2)14-6-3-4-9-17-14/h3-4,6,9-10,12H,5,7-8H2,1-2H3. The third-order valence-electron chi connectivity index (χ3n) is 3.96. The quantitative estimate of drug-likeness (QED) is 0.824. The number of aryl methyl sites for hydroxylation is 1. The Kier molecular flexibility index (Phi) is 2.97. The zero-order valence-electron chi connectivity index (χ0n) is 11.4. The van der Waals surface area contributed by atoms with Crippen LogP contribution in [0.4, 0.5) is 0 Å². The first-order chi connectivity index (χ1) is 9.18. The lowest BCUT2D eigenvalue weighted by Gasteiger charge is -2.21. The first-order valence-electron chi connectivity index (χ1n) is 6.83. The van der Waals surface area contributed by atoms with Gasteiger partial charge in [-0.15, -0.1) is 0 Å². The number of rotatable bonds is 2. The van der Waals surface area contributed by atoms with Gasteiger partial charge in [-0.05, 0) is 44.9 Å². The molecule has 19 heavy (non-hydrogen) atoms. The van der Waals surface area contributed by atoms with E-state index in [-0.39, 0.29) is 11.8 Å². The average Bonchev–Trinajstić information content (AvgIpc) is 2.77. The minimum Gasteiger partial charge on any atom is -0.339 e. The van der Waals surface area contributed by atoms with Crippen molar-refractivity contribution in [2.75, 3.05) is 0 Å². The summed E-state index contributed by atoms with van der Waals surface area (Å²) >= 11 is 0. The van der Waals surface area contributed by atoms with Crippen LogP contribution in [-0.2, 0) is 6.42 Å². The van der Waals surface area contributed by atoms with Crippen LogP contribution in [0, 0.1) is 6.92 Å². The number of hydrogen-bond donors (Lipinski definition) is 0. The number of carbonyl (C=O) groups is 1. The van der Waals surface area contributed by atoms with E-state index in [1.807, 2.05) is 30.5 Å². The highest BCUT2D eigenvalue weighted by molar-refractivity contribution is 5.98. The zero-order valence-corrected chi connectivity index (χ0v) is 11.4. The maximum atomic E-state index is 12.0. The molecular weight excluding hydrogens is 236 g/mol. The summed E-state index contributed by atoms with van der Waals surface area (Å²) in [5.41, 5.74) is 4.30. The van der Waals surface area contributed by atoms with Gasteiger partial charge in [0, 0.05) is 29.6 Å². The molecule has 1 aliphatic carbocycles. The average molecular weight is 254 g/mol. The molecule has 0 bridgehead atoms. The normalized spacial score (nSPS) is 16.2. The summed E-state index contributed by atoms with van der Waals surface area (Å²) in [6, 6.07) is 8.19. The van der Waals surface area contributed by atoms with Gasteiger partial charge in [0.1, 0.15) is 0 Å². The second kappa shape index (κ2) is 4.65. The van der Waals surface area contributed by atoms with Crippen LogP contribution in [0.3, 0.4) is 0 Å². The lowest BCUT2D eigenvalue weighted by molar-refractivity contribution is 0.0971. The fraction of sp³-hybridized carbons (Fsp3) is 0.375. The molecule has 0 saturated heterocycles. The van der Waals surface area contributed by atoms with Crippen LogP contribution in [0.2, 0.25) is 0 Å². The summed E-state index contributed by atoms with van der Waals surface area (Å²) in [7, 11) is 0. The minimum atomic E-state index is 0.177. The first kappa shape index (κ1) is 12.2. The summed E-state index contributed by atoms with van der Waals surface area (Å²) in [6.07, 6.45) is 4.47. The summed E-state index contributed by atoms with van der Waals surface area (Å²) in [5, 5.41) is 0. The van der Waals surface area contributed by atoms with Gasteiger partial charge < -0.3 is 4.57 Å². The van der Waals surface area contributed by atoms with Crippen molar-refractivity contribution in [1.82, 2.24) is 9.55 Å². The molecule has 0 radical (unpaired) electrons. The fourth-order valence-electron chi connectivity index (χ4n) is 3.05. The van der Waals surface area contributed by atoms with Gasteiger partial charge in [0.05, 0.1) is 11.7 Å². The first-order valence-corrected chi connectivity index (χ1v) is 6.83. The third-order valence-corrected chi connectivity index (χ3v) is 3.96. The number of nitrogens with zero attached hydrogens (tertiary/aromatic N) is 2. The Labute approximate surface area is 113 Å². The Bertz CT molecular complexity index is 613. The summed E-state index contributed by atoms with van der Waals surface area (Å²) in [4.78, 5) is 16.4. The Morgan fingerprint density at radius 1 is 1.32 bits per heavy atom. The Morgan fingerprint density at radius 2 is 2.16 bits per heavy atom. The molecule has 2 heterocycles. The van der Waals surface area contributed by atoms with E-state index < -0.39 is 0 Å². The van der Waals surface area contributed by atoms with Crippen LogP contribution in [0.25, 0.3) is 0 Å². The van der Waals surface area contributed by atoms with Crippen molar-refractivity contribution in [1.29, 1.82) is 0 Å². The highest BCUT2D eigenvalue weighted by Crippen LogP contribution is 2.29. The molecule has 3 rings (SSSR count). The van der Waals surface area contributed by atoms with E-state index in [0.29, 0.717) is 6.42 Å². The molecule has 0 fully saturated rings. The number of aromatic nitrogens is 2. The molecule has 2 aromatic heterocycles. The zero-order chi connectivity index (χ0) is 13.4. The largest absolute Gasteiger partial charge is 0.339 e. The molecule has 1 unspecified atom stereocenters. The molecule has 98 valence electrons.